The van der Waals surface area contributed by atoms with Crippen LogP contribution in [0.4, 0.5) is 4.79 Å². The Morgan fingerprint density at radius 1 is 1.00 bits per heavy atom. The lowest BCUT2D eigenvalue weighted by atomic mass is 9.97. The van der Waals surface area contributed by atoms with E-state index in [2.05, 4.69) is 10.6 Å². The van der Waals surface area contributed by atoms with Crippen LogP contribution in [0, 0.1) is 6.92 Å². The number of thioether (sulfide) groups is 1. The van der Waals surface area contributed by atoms with Crippen molar-refractivity contribution >= 4 is 29.7 Å². The molecule has 3 atom stereocenters. The maximum atomic E-state index is 13.7. The van der Waals surface area contributed by atoms with Crippen LogP contribution in [0.2, 0.25) is 0 Å². The van der Waals surface area contributed by atoms with E-state index in [1.165, 1.54) is 16.7 Å². The van der Waals surface area contributed by atoms with Crippen molar-refractivity contribution in [3.63, 3.8) is 0 Å². The van der Waals surface area contributed by atoms with Crippen molar-refractivity contribution in [2.24, 2.45) is 0 Å². The lowest BCUT2D eigenvalue weighted by Gasteiger charge is -2.33. The summed E-state index contributed by atoms with van der Waals surface area (Å²) in [5.41, 5.74) is 2.87. The van der Waals surface area contributed by atoms with E-state index in [0.717, 1.165) is 16.7 Å². The molecular weight excluding hydrogens is 526 g/mol. The van der Waals surface area contributed by atoms with Crippen LogP contribution in [0.15, 0.2) is 84.9 Å². The number of nitrogens with zero attached hydrogens (tertiary/aromatic N) is 1. The largest absolute Gasteiger partial charge is 0.412 e. The standard InChI is InChI=1S/C31H35N3O5S/c1-21-12-10-11-15-23(21)19-32-28(36)27-31(2,3)40-20-34(27)29(37)26(35)25(18-22-13-6-4-7-14-22)33-30(38)39-24-16-8-5-9-17-24/h4-17,25-27,35H,18-20H2,1-3H3,(H,32,36)(H,33,38)/t25?,26-,27+/m0/s1. The van der Waals surface area contributed by atoms with Crippen LogP contribution in [0.3, 0.4) is 0 Å². The van der Waals surface area contributed by atoms with Crippen molar-refractivity contribution < 1.29 is 24.2 Å². The molecule has 1 saturated heterocycles. The summed E-state index contributed by atoms with van der Waals surface area (Å²) in [5, 5.41) is 17.0. The minimum Gasteiger partial charge on any atom is -0.410 e. The monoisotopic (exact) mass is 561 g/mol. The number of ether oxygens (including phenoxy) is 1. The average Bonchev–Trinajstić information content (AvgIpc) is 3.27. The second-order valence-electron chi connectivity index (χ2n) is 10.3. The van der Waals surface area contributed by atoms with E-state index >= 15 is 0 Å². The Bertz CT molecular complexity index is 1320. The fourth-order valence-corrected chi connectivity index (χ4v) is 5.87. The van der Waals surface area contributed by atoms with Crippen molar-refractivity contribution in [3.8, 4) is 5.75 Å². The van der Waals surface area contributed by atoms with E-state index in [0.29, 0.717) is 12.3 Å². The van der Waals surface area contributed by atoms with Crippen molar-refractivity contribution in [2.75, 3.05) is 5.88 Å². The fraction of sp³-hybridized carbons (Fsp3) is 0.323. The minimum atomic E-state index is -1.61. The Hall–Kier alpha value is -3.82. The van der Waals surface area contributed by atoms with Crippen molar-refractivity contribution in [1.82, 2.24) is 15.5 Å². The lowest BCUT2D eigenvalue weighted by molar-refractivity contribution is -0.147. The number of nitrogens with one attached hydrogen (secondary N) is 2. The Morgan fingerprint density at radius 3 is 2.30 bits per heavy atom. The summed E-state index contributed by atoms with van der Waals surface area (Å²) in [6.07, 6.45) is -2.21. The molecule has 8 nitrogen and oxygen atoms in total. The number of aliphatic hydroxyl groups is 1. The van der Waals surface area contributed by atoms with Gasteiger partial charge in [-0.1, -0.05) is 72.8 Å². The Kier molecular flexibility index (Phi) is 9.50. The molecule has 3 amide bonds. The SMILES string of the molecule is Cc1ccccc1CNC(=O)[C@H]1N(C(=O)[C@@H](O)C(Cc2ccccc2)NC(=O)Oc2ccccc2)CSC1(C)C. The van der Waals surface area contributed by atoms with Gasteiger partial charge in [-0.25, -0.2) is 4.79 Å². The summed E-state index contributed by atoms with van der Waals surface area (Å²) < 4.78 is 4.78. The van der Waals surface area contributed by atoms with Gasteiger partial charge in [0.05, 0.1) is 11.9 Å². The number of hydrogen-bond acceptors (Lipinski definition) is 6. The number of aryl methyl sites for hydroxylation is 1. The van der Waals surface area contributed by atoms with Gasteiger partial charge in [-0.15, -0.1) is 11.8 Å². The predicted molar refractivity (Wildman–Crippen MR) is 156 cm³/mol. The summed E-state index contributed by atoms with van der Waals surface area (Å²) in [6, 6.07) is 23.8. The molecule has 1 unspecified atom stereocenters. The number of aliphatic hydroxyl groups excluding tert-OH is 1. The summed E-state index contributed by atoms with van der Waals surface area (Å²) in [4.78, 5) is 41.3. The fourth-order valence-electron chi connectivity index (χ4n) is 4.73. The highest BCUT2D eigenvalue weighted by Crippen LogP contribution is 2.40. The smallest absolute Gasteiger partial charge is 0.410 e. The number of para-hydroxylation sites is 1. The van der Waals surface area contributed by atoms with Crippen LogP contribution in [0.25, 0.3) is 0 Å². The molecule has 3 N–H and O–H groups in total. The van der Waals surface area contributed by atoms with Gasteiger partial charge in [0.2, 0.25) is 5.91 Å². The normalized spacial score (nSPS) is 17.5. The van der Waals surface area contributed by atoms with E-state index in [9.17, 15) is 19.5 Å². The Labute approximate surface area is 239 Å². The van der Waals surface area contributed by atoms with Crippen molar-refractivity contribution in [1.29, 1.82) is 0 Å². The van der Waals surface area contributed by atoms with Crippen LogP contribution in [-0.4, -0.2) is 56.7 Å². The van der Waals surface area contributed by atoms with E-state index in [4.69, 9.17) is 4.74 Å². The molecular formula is C31H35N3O5S. The molecule has 210 valence electrons. The zero-order chi connectivity index (χ0) is 28.7. The van der Waals surface area contributed by atoms with E-state index < -0.39 is 34.9 Å². The Morgan fingerprint density at radius 2 is 1.62 bits per heavy atom. The first kappa shape index (κ1) is 29.2. The molecule has 0 radical (unpaired) electrons. The van der Waals surface area contributed by atoms with Gasteiger partial charge in [0.15, 0.2) is 6.10 Å². The quantitative estimate of drug-likeness (QED) is 0.364. The van der Waals surface area contributed by atoms with Gasteiger partial charge in [-0.05, 0) is 56.0 Å². The number of carbonyl (C=O) groups excluding carboxylic acids is 3. The molecule has 0 aliphatic carbocycles. The second-order valence-corrected chi connectivity index (χ2v) is 11.9. The molecule has 0 spiro atoms. The molecule has 0 saturated carbocycles. The molecule has 4 rings (SSSR count). The van der Waals surface area contributed by atoms with Crippen molar-refractivity contribution in [2.45, 2.75) is 56.7 Å². The maximum absolute atomic E-state index is 13.7. The van der Waals surface area contributed by atoms with E-state index in [1.54, 1.807) is 30.3 Å². The summed E-state index contributed by atoms with van der Waals surface area (Å²) in [7, 11) is 0. The molecule has 1 fully saturated rings. The van der Waals surface area contributed by atoms with Gasteiger partial charge in [0, 0.05) is 11.3 Å². The molecule has 3 aromatic rings. The molecule has 1 aliphatic heterocycles. The molecule has 40 heavy (non-hydrogen) atoms. The third-order valence-corrected chi connectivity index (χ3v) is 8.36. The van der Waals surface area contributed by atoms with Gasteiger partial charge in [0.25, 0.3) is 5.91 Å². The van der Waals surface area contributed by atoms with Gasteiger partial charge >= 0.3 is 6.09 Å². The number of carbonyl (C=O) groups is 3. The van der Waals surface area contributed by atoms with Gasteiger partial charge < -0.3 is 25.4 Å². The first-order valence-electron chi connectivity index (χ1n) is 13.2. The van der Waals surface area contributed by atoms with Crippen LogP contribution >= 0.6 is 11.8 Å². The maximum Gasteiger partial charge on any atom is 0.412 e. The highest BCUT2D eigenvalue weighted by Gasteiger charge is 2.49. The summed E-state index contributed by atoms with van der Waals surface area (Å²) >= 11 is 1.47. The lowest BCUT2D eigenvalue weighted by Crippen LogP contribution is -2.58. The molecule has 1 aliphatic rings. The first-order valence-corrected chi connectivity index (χ1v) is 14.2. The minimum absolute atomic E-state index is 0.187. The van der Waals surface area contributed by atoms with Crippen LogP contribution in [0.5, 0.6) is 5.75 Å². The Balaban J connectivity index is 1.51. The van der Waals surface area contributed by atoms with Crippen LogP contribution in [-0.2, 0) is 22.6 Å². The summed E-state index contributed by atoms with van der Waals surface area (Å²) in [5.74, 6) is -0.356. The average molecular weight is 562 g/mol. The molecule has 3 aromatic carbocycles. The van der Waals surface area contributed by atoms with Gasteiger partial charge in [0.1, 0.15) is 11.8 Å². The van der Waals surface area contributed by atoms with Crippen LogP contribution < -0.4 is 15.4 Å². The predicted octanol–water partition coefficient (Wildman–Crippen LogP) is 4.05. The number of benzene rings is 3. The topological polar surface area (TPSA) is 108 Å². The molecule has 1 heterocycles. The van der Waals surface area contributed by atoms with Gasteiger partial charge in [-0.2, -0.15) is 0 Å². The first-order chi connectivity index (χ1) is 19.2. The zero-order valence-corrected chi connectivity index (χ0v) is 23.7. The number of rotatable bonds is 9. The van der Waals surface area contributed by atoms with Crippen molar-refractivity contribution in [3.05, 3.63) is 102 Å². The highest BCUT2D eigenvalue weighted by molar-refractivity contribution is 8.00. The third-order valence-electron chi connectivity index (χ3n) is 6.98. The molecule has 0 bridgehead atoms. The van der Waals surface area contributed by atoms with E-state index in [-0.39, 0.29) is 18.2 Å². The van der Waals surface area contributed by atoms with Gasteiger partial charge in [-0.3, -0.25) is 9.59 Å². The number of amides is 3. The van der Waals surface area contributed by atoms with Crippen LogP contribution in [0.1, 0.15) is 30.5 Å². The highest BCUT2D eigenvalue weighted by atomic mass is 32.2. The molecule has 0 aromatic heterocycles. The third kappa shape index (κ3) is 7.22. The second kappa shape index (κ2) is 13.0. The van der Waals surface area contributed by atoms with E-state index in [1.807, 2.05) is 75.4 Å². The zero-order valence-electron chi connectivity index (χ0n) is 22.9. The number of hydrogen-bond donors (Lipinski definition) is 3. The summed E-state index contributed by atoms with van der Waals surface area (Å²) in [6.45, 7) is 6.13. The molecule has 9 heteroatoms.